The van der Waals surface area contributed by atoms with Gasteiger partial charge in [0.05, 0.1) is 42.7 Å². The summed E-state index contributed by atoms with van der Waals surface area (Å²) in [4.78, 5) is 27.2. The van der Waals surface area contributed by atoms with E-state index >= 15 is 0 Å². The monoisotopic (exact) mass is 385 g/mol. The van der Waals surface area contributed by atoms with E-state index in [0.717, 1.165) is 12.1 Å². The number of hydrogen-bond acceptors (Lipinski definition) is 5. The average molecular weight is 385 g/mol. The van der Waals surface area contributed by atoms with Crippen LogP contribution in [0.2, 0.25) is 0 Å². The minimum Gasteiger partial charge on any atom is -0.394 e. The highest BCUT2D eigenvalue weighted by Gasteiger charge is 2.52. The number of aliphatic hydroxyl groups is 1. The molecule has 1 aromatic rings. The summed E-state index contributed by atoms with van der Waals surface area (Å²) >= 11 is 0. The van der Waals surface area contributed by atoms with E-state index in [0.29, 0.717) is 11.0 Å². The molecule has 2 rings (SSSR count). The van der Waals surface area contributed by atoms with Gasteiger partial charge in [0, 0.05) is 6.54 Å². The first-order valence-electron chi connectivity index (χ1n) is 8.01. The third kappa shape index (κ3) is 3.89. The first-order valence-corrected chi connectivity index (χ1v) is 8.01. The average Bonchev–Trinajstić information content (AvgIpc) is 2.76. The number of carbonyl (C=O) groups is 2. The summed E-state index contributed by atoms with van der Waals surface area (Å²) in [5.41, 5.74) is -3.36. The summed E-state index contributed by atoms with van der Waals surface area (Å²) in [6.07, 6.45) is -4.81. The van der Waals surface area contributed by atoms with Crippen LogP contribution in [0.1, 0.15) is 25.0 Å². The predicted octanol–water partition coefficient (Wildman–Crippen LogP) is 2.13. The van der Waals surface area contributed by atoms with E-state index in [-0.39, 0.29) is 32.1 Å². The number of ether oxygens (including phenoxy) is 1. The van der Waals surface area contributed by atoms with Crippen molar-refractivity contribution in [2.45, 2.75) is 25.6 Å². The quantitative estimate of drug-likeness (QED) is 0.598. The van der Waals surface area contributed by atoms with E-state index in [1.54, 1.807) is 0 Å². The van der Waals surface area contributed by atoms with E-state index < -0.39 is 34.8 Å². The summed E-state index contributed by atoms with van der Waals surface area (Å²) < 4.78 is 44.6. The number of hydrogen-bond donors (Lipinski definition) is 1. The SMILES string of the molecule is CC1(C)C(=O)N(c2ccc(C#N)c(C(F)(F)F)c2)C(=O)N1CCOCCO. The smallest absolute Gasteiger partial charge is 0.394 e. The molecule has 1 aliphatic rings. The van der Waals surface area contributed by atoms with E-state index in [1.165, 1.54) is 24.8 Å². The summed E-state index contributed by atoms with van der Waals surface area (Å²) in [5.74, 6) is -0.688. The molecule has 0 unspecified atom stereocenters. The number of amides is 3. The van der Waals surface area contributed by atoms with Gasteiger partial charge in [-0.3, -0.25) is 4.79 Å². The fourth-order valence-electron chi connectivity index (χ4n) is 2.76. The van der Waals surface area contributed by atoms with E-state index in [9.17, 15) is 22.8 Å². The number of rotatable bonds is 6. The van der Waals surface area contributed by atoms with Crippen LogP contribution in [0.4, 0.5) is 23.7 Å². The van der Waals surface area contributed by atoms with E-state index in [2.05, 4.69) is 0 Å². The number of halogens is 3. The molecule has 10 heteroatoms. The highest BCUT2D eigenvalue weighted by atomic mass is 19.4. The highest BCUT2D eigenvalue weighted by Crippen LogP contribution is 2.37. The van der Waals surface area contributed by atoms with Gasteiger partial charge >= 0.3 is 12.2 Å². The van der Waals surface area contributed by atoms with Gasteiger partial charge < -0.3 is 14.7 Å². The molecular formula is C17H18F3N3O4. The van der Waals surface area contributed by atoms with Crippen molar-refractivity contribution in [1.29, 1.82) is 5.26 Å². The zero-order valence-electron chi connectivity index (χ0n) is 14.7. The zero-order chi connectivity index (χ0) is 20.4. The molecule has 0 bridgehead atoms. The van der Waals surface area contributed by atoms with Crippen LogP contribution in [0.25, 0.3) is 0 Å². The second-order valence-corrected chi connectivity index (χ2v) is 6.31. The molecule has 0 radical (unpaired) electrons. The van der Waals surface area contributed by atoms with Gasteiger partial charge in [-0.25, -0.2) is 9.69 Å². The van der Waals surface area contributed by atoms with Gasteiger partial charge in [0.1, 0.15) is 5.54 Å². The molecule has 1 saturated heterocycles. The maximum atomic E-state index is 13.2. The Kier molecular flexibility index (Phi) is 5.77. The van der Waals surface area contributed by atoms with Crippen LogP contribution >= 0.6 is 0 Å². The van der Waals surface area contributed by atoms with Gasteiger partial charge in [-0.2, -0.15) is 18.4 Å². The van der Waals surface area contributed by atoms with Crippen LogP contribution in [-0.2, 0) is 15.7 Å². The number of imide groups is 1. The number of nitriles is 1. The summed E-state index contributed by atoms with van der Waals surface area (Å²) in [6, 6.07) is 3.35. The molecule has 1 aromatic carbocycles. The number of nitrogens with zero attached hydrogens (tertiary/aromatic N) is 3. The molecule has 27 heavy (non-hydrogen) atoms. The lowest BCUT2D eigenvalue weighted by molar-refractivity contribution is -0.137. The van der Waals surface area contributed by atoms with Crippen LogP contribution in [0, 0.1) is 11.3 Å². The highest BCUT2D eigenvalue weighted by molar-refractivity contribution is 6.23. The molecule has 1 fully saturated rings. The lowest BCUT2D eigenvalue weighted by atomic mass is 10.0. The fraction of sp³-hybridized carbons (Fsp3) is 0.471. The second kappa shape index (κ2) is 7.54. The van der Waals surface area contributed by atoms with Gasteiger partial charge in [-0.05, 0) is 32.0 Å². The Hall–Kier alpha value is -2.64. The largest absolute Gasteiger partial charge is 0.417 e. The van der Waals surface area contributed by atoms with Crippen LogP contribution < -0.4 is 4.90 Å². The van der Waals surface area contributed by atoms with Gasteiger partial charge in [-0.15, -0.1) is 0 Å². The molecule has 146 valence electrons. The molecule has 7 nitrogen and oxygen atoms in total. The predicted molar refractivity (Wildman–Crippen MR) is 87.7 cm³/mol. The van der Waals surface area contributed by atoms with Gasteiger partial charge in [0.25, 0.3) is 5.91 Å². The minimum atomic E-state index is -4.81. The second-order valence-electron chi connectivity index (χ2n) is 6.31. The zero-order valence-corrected chi connectivity index (χ0v) is 14.7. The lowest BCUT2D eigenvalue weighted by Crippen LogP contribution is -2.45. The Morgan fingerprint density at radius 3 is 2.48 bits per heavy atom. The molecule has 0 spiro atoms. The van der Waals surface area contributed by atoms with Crippen molar-refractivity contribution in [2.75, 3.05) is 31.3 Å². The van der Waals surface area contributed by atoms with Crippen LogP contribution in [0.5, 0.6) is 0 Å². The van der Waals surface area contributed by atoms with Crippen LogP contribution in [0.15, 0.2) is 18.2 Å². The Morgan fingerprint density at radius 1 is 1.26 bits per heavy atom. The number of urea groups is 1. The number of carbonyl (C=O) groups excluding carboxylic acids is 2. The molecule has 1 N–H and O–H groups in total. The van der Waals surface area contributed by atoms with Crippen LogP contribution in [0.3, 0.4) is 0 Å². The van der Waals surface area contributed by atoms with Crippen molar-refractivity contribution in [2.24, 2.45) is 0 Å². The molecular weight excluding hydrogens is 367 g/mol. The maximum Gasteiger partial charge on any atom is 0.417 e. The van der Waals surface area contributed by atoms with Crippen LogP contribution in [-0.4, -0.2) is 53.8 Å². The Balaban J connectivity index is 2.37. The molecule has 0 aromatic heterocycles. The van der Waals surface area contributed by atoms with Gasteiger partial charge in [0.2, 0.25) is 0 Å². The normalized spacial score (nSPS) is 16.8. The summed E-state index contributed by atoms with van der Waals surface area (Å²) in [6.45, 7) is 2.90. The Morgan fingerprint density at radius 2 is 1.93 bits per heavy atom. The third-order valence-corrected chi connectivity index (χ3v) is 4.21. The molecule has 1 aliphatic heterocycles. The number of alkyl halides is 3. The Labute approximate surface area is 153 Å². The summed E-state index contributed by atoms with van der Waals surface area (Å²) in [5, 5.41) is 17.6. The van der Waals surface area contributed by atoms with Gasteiger partial charge in [-0.1, -0.05) is 0 Å². The van der Waals surface area contributed by atoms with Crippen molar-refractivity contribution in [3.8, 4) is 6.07 Å². The van der Waals surface area contributed by atoms with Gasteiger partial charge in [0.15, 0.2) is 0 Å². The molecule has 3 amide bonds. The third-order valence-electron chi connectivity index (χ3n) is 4.21. The van der Waals surface area contributed by atoms with E-state index in [4.69, 9.17) is 15.1 Å². The maximum absolute atomic E-state index is 13.2. The standard InChI is InChI=1S/C17H18F3N3O4/c1-16(2)14(25)23(15(26)22(16)5-7-27-8-6-24)12-4-3-11(10-21)13(9-12)17(18,19)20/h3-4,9,24H,5-8H2,1-2H3. The van der Waals surface area contributed by atoms with Crippen molar-refractivity contribution in [3.63, 3.8) is 0 Å². The first-order chi connectivity index (χ1) is 12.6. The minimum absolute atomic E-state index is 0.0243. The fourth-order valence-corrected chi connectivity index (χ4v) is 2.76. The Bertz CT molecular complexity index is 787. The number of anilines is 1. The van der Waals surface area contributed by atoms with Crippen molar-refractivity contribution in [1.82, 2.24) is 4.90 Å². The van der Waals surface area contributed by atoms with Crippen molar-refractivity contribution < 1.29 is 32.6 Å². The molecule has 1 heterocycles. The molecule has 0 atom stereocenters. The number of benzene rings is 1. The van der Waals surface area contributed by atoms with E-state index in [1.807, 2.05) is 0 Å². The first kappa shape index (κ1) is 20.7. The van der Waals surface area contributed by atoms with Crippen molar-refractivity contribution >= 4 is 17.6 Å². The molecule has 0 saturated carbocycles. The topological polar surface area (TPSA) is 93.9 Å². The molecule has 0 aliphatic carbocycles. The number of aliphatic hydroxyl groups excluding tert-OH is 1. The lowest BCUT2D eigenvalue weighted by Gasteiger charge is -2.27. The summed E-state index contributed by atoms with van der Waals surface area (Å²) in [7, 11) is 0. The van der Waals surface area contributed by atoms with Crippen molar-refractivity contribution in [3.05, 3.63) is 29.3 Å².